The van der Waals surface area contributed by atoms with Crippen molar-refractivity contribution in [1.82, 2.24) is 29.9 Å². The van der Waals surface area contributed by atoms with Crippen LogP contribution in [0.3, 0.4) is 0 Å². The van der Waals surface area contributed by atoms with E-state index in [0.717, 1.165) is 37.0 Å². The molecule has 4 amide bonds. The Hall–Kier alpha value is -2.98. The van der Waals surface area contributed by atoms with E-state index in [0.29, 0.717) is 38.3 Å². The average molecular weight is 459 g/mol. The molecule has 11 heteroatoms. The van der Waals surface area contributed by atoms with Crippen molar-refractivity contribution in [3.63, 3.8) is 0 Å². The highest BCUT2D eigenvalue weighted by molar-refractivity contribution is 6.04. The molecule has 0 bridgehead atoms. The van der Waals surface area contributed by atoms with E-state index in [9.17, 15) is 24.0 Å². The first-order valence-electron chi connectivity index (χ1n) is 11.9. The number of aryl methyl sites for hydroxylation is 1. The van der Waals surface area contributed by atoms with Crippen LogP contribution >= 0.6 is 0 Å². The van der Waals surface area contributed by atoms with E-state index in [1.165, 1.54) is 0 Å². The Labute approximate surface area is 190 Å². The second kappa shape index (κ2) is 8.42. The van der Waals surface area contributed by atoms with Crippen molar-refractivity contribution in [3.8, 4) is 0 Å². The van der Waals surface area contributed by atoms with Crippen LogP contribution in [0.1, 0.15) is 57.2 Å². The molecule has 3 atom stereocenters. The Morgan fingerprint density at radius 3 is 2.64 bits per heavy atom. The number of aromatic nitrogens is 3. The number of H-pyrrole nitrogens is 1. The van der Waals surface area contributed by atoms with Crippen LogP contribution in [-0.2, 0) is 32.1 Å². The summed E-state index contributed by atoms with van der Waals surface area (Å²) in [6.07, 6.45) is 6.25. The Balaban J connectivity index is 1.23. The van der Waals surface area contributed by atoms with Crippen LogP contribution in [-0.4, -0.2) is 73.9 Å². The van der Waals surface area contributed by atoms with Gasteiger partial charge in [-0.1, -0.05) is 12.8 Å². The average Bonchev–Trinajstić information content (AvgIpc) is 3.49. The molecule has 1 aromatic heterocycles. The minimum atomic E-state index is -0.281. The molecule has 11 nitrogen and oxygen atoms in total. The fourth-order valence-corrected chi connectivity index (χ4v) is 6.01. The largest absolute Gasteiger partial charge is 0.352 e. The van der Waals surface area contributed by atoms with E-state index in [4.69, 9.17) is 0 Å². The molecular weight excluding hydrogens is 428 g/mol. The molecule has 178 valence electrons. The van der Waals surface area contributed by atoms with Crippen LogP contribution in [0.2, 0.25) is 0 Å². The number of hydrogen-bond donors (Lipinski definition) is 2. The third-order valence-electron chi connectivity index (χ3n) is 7.99. The zero-order valence-electron chi connectivity index (χ0n) is 18.7. The fourth-order valence-electron chi connectivity index (χ4n) is 6.01. The summed E-state index contributed by atoms with van der Waals surface area (Å²) in [5.74, 6) is -0.394. The number of carbonyl (C=O) groups excluding carboxylic acids is 4. The molecular formula is C22H30N6O5. The lowest BCUT2D eigenvalue weighted by molar-refractivity contribution is -0.145. The van der Waals surface area contributed by atoms with E-state index < -0.39 is 0 Å². The highest BCUT2D eigenvalue weighted by Crippen LogP contribution is 2.44. The minimum Gasteiger partial charge on any atom is -0.352 e. The number of aromatic amines is 1. The quantitative estimate of drug-likeness (QED) is 0.587. The van der Waals surface area contributed by atoms with Gasteiger partial charge in [-0.3, -0.25) is 28.6 Å². The van der Waals surface area contributed by atoms with Gasteiger partial charge in [0.1, 0.15) is 12.4 Å². The number of nitrogens with zero attached hydrogens (tertiary/aromatic N) is 4. The number of amides is 4. The molecule has 5 rings (SSSR count). The lowest BCUT2D eigenvalue weighted by atomic mass is 9.69. The van der Waals surface area contributed by atoms with Gasteiger partial charge in [-0.05, 0) is 25.7 Å². The van der Waals surface area contributed by atoms with Crippen molar-refractivity contribution in [2.45, 2.75) is 70.4 Å². The highest BCUT2D eigenvalue weighted by Gasteiger charge is 2.48. The number of rotatable bonds is 4. The van der Waals surface area contributed by atoms with Gasteiger partial charge in [-0.25, -0.2) is 9.89 Å². The van der Waals surface area contributed by atoms with Crippen molar-refractivity contribution >= 4 is 23.6 Å². The van der Waals surface area contributed by atoms with E-state index in [2.05, 4.69) is 15.5 Å². The monoisotopic (exact) mass is 458 g/mol. The Morgan fingerprint density at radius 2 is 1.85 bits per heavy atom. The number of imide groups is 1. The lowest BCUT2D eigenvalue weighted by Gasteiger charge is -2.42. The van der Waals surface area contributed by atoms with E-state index in [1.807, 2.05) is 0 Å². The van der Waals surface area contributed by atoms with Crippen molar-refractivity contribution < 1.29 is 19.2 Å². The second-order valence-electron chi connectivity index (χ2n) is 9.90. The number of fused-ring (bicyclic) bond motifs is 1. The second-order valence-corrected chi connectivity index (χ2v) is 9.90. The van der Waals surface area contributed by atoms with Gasteiger partial charge in [0.2, 0.25) is 23.6 Å². The lowest BCUT2D eigenvalue weighted by Crippen LogP contribution is -2.53. The van der Waals surface area contributed by atoms with E-state index in [1.54, 1.807) is 9.47 Å². The summed E-state index contributed by atoms with van der Waals surface area (Å²) < 4.78 is 1.54. The summed E-state index contributed by atoms with van der Waals surface area (Å²) in [5, 5.41) is 9.72. The van der Waals surface area contributed by atoms with Crippen LogP contribution in [0.5, 0.6) is 0 Å². The predicted octanol–water partition coefficient (Wildman–Crippen LogP) is -0.440. The Morgan fingerprint density at radius 1 is 1.06 bits per heavy atom. The number of hydrogen-bond acceptors (Lipinski definition) is 6. The van der Waals surface area contributed by atoms with Crippen LogP contribution in [0.4, 0.5) is 0 Å². The minimum absolute atomic E-state index is 0.0333. The number of nitrogens with one attached hydrogen (secondary N) is 2. The smallest absolute Gasteiger partial charge is 0.343 e. The molecule has 1 spiro atoms. The van der Waals surface area contributed by atoms with Gasteiger partial charge < -0.3 is 10.2 Å². The van der Waals surface area contributed by atoms with E-state index >= 15 is 0 Å². The van der Waals surface area contributed by atoms with Crippen molar-refractivity contribution in [2.24, 2.45) is 11.3 Å². The molecule has 1 saturated carbocycles. The molecule has 2 N–H and O–H groups in total. The summed E-state index contributed by atoms with van der Waals surface area (Å²) in [4.78, 5) is 64.5. The summed E-state index contributed by atoms with van der Waals surface area (Å²) in [5.41, 5.74) is -0.467. The normalized spacial score (nSPS) is 29.6. The topological polar surface area (TPSA) is 137 Å². The fraction of sp³-hybridized carbons (Fsp3) is 0.727. The molecule has 4 heterocycles. The Bertz CT molecular complexity index is 1030. The van der Waals surface area contributed by atoms with Crippen LogP contribution < -0.4 is 11.0 Å². The zero-order chi connectivity index (χ0) is 23.2. The van der Waals surface area contributed by atoms with Gasteiger partial charge in [0.25, 0.3) is 0 Å². The SMILES string of the molecule is O=C(NC1CCCCC12CCN(C(=O)CN1C(=O)CCC1=O)C2)C1CCc2n[nH]c(=O)n2C1. The first-order chi connectivity index (χ1) is 15.9. The van der Waals surface area contributed by atoms with Gasteiger partial charge in [-0.2, -0.15) is 5.10 Å². The molecule has 0 aromatic carbocycles. The Kier molecular flexibility index (Phi) is 5.57. The van der Waals surface area contributed by atoms with Gasteiger partial charge in [0.15, 0.2) is 0 Å². The van der Waals surface area contributed by atoms with Crippen molar-refractivity contribution in [2.75, 3.05) is 19.6 Å². The van der Waals surface area contributed by atoms with Crippen molar-refractivity contribution in [1.29, 1.82) is 0 Å². The highest BCUT2D eigenvalue weighted by atomic mass is 16.2. The molecule has 3 fully saturated rings. The maximum absolute atomic E-state index is 13.1. The molecule has 3 aliphatic heterocycles. The third-order valence-corrected chi connectivity index (χ3v) is 7.99. The molecule has 2 saturated heterocycles. The van der Waals surface area contributed by atoms with Crippen LogP contribution in [0.25, 0.3) is 0 Å². The standard InChI is InChI=1S/C22H30N6O5/c29-17-6-7-18(30)28(17)12-19(31)26-10-9-22(13-26)8-2-1-3-15(22)23-20(32)14-4-5-16-24-25-21(33)27(16)11-14/h14-15H,1-13H2,(H,23,32)(H,25,33). The van der Waals surface area contributed by atoms with E-state index in [-0.39, 0.29) is 66.1 Å². The number of carbonyl (C=O) groups is 4. The maximum Gasteiger partial charge on any atom is 0.343 e. The summed E-state index contributed by atoms with van der Waals surface area (Å²) >= 11 is 0. The molecule has 33 heavy (non-hydrogen) atoms. The summed E-state index contributed by atoms with van der Waals surface area (Å²) in [7, 11) is 0. The summed E-state index contributed by atoms with van der Waals surface area (Å²) in [6, 6.07) is -0.0333. The molecule has 1 aliphatic carbocycles. The molecule has 4 aliphatic rings. The zero-order valence-corrected chi connectivity index (χ0v) is 18.7. The summed E-state index contributed by atoms with van der Waals surface area (Å²) in [6.45, 7) is 1.25. The third kappa shape index (κ3) is 3.97. The molecule has 1 aromatic rings. The van der Waals surface area contributed by atoms with Crippen LogP contribution in [0, 0.1) is 11.3 Å². The van der Waals surface area contributed by atoms with Gasteiger partial charge >= 0.3 is 5.69 Å². The number of likely N-dealkylation sites (tertiary alicyclic amines) is 2. The van der Waals surface area contributed by atoms with Gasteiger partial charge in [-0.15, -0.1) is 0 Å². The first kappa shape index (κ1) is 21.8. The van der Waals surface area contributed by atoms with Gasteiger partial charge in [0.05, 0.1) is 5.92 Å². The van der Waals surface area contributed by atoms with Crippen LogP contribution in [0.15, 0.2) is 4.79 Å². The maximum atomic E-state index is 13.1. The first-order valence-corrected chi connectivity index (χ1v) is 11.9. The molecule has 3 unspecified atom stereocenters. The van der Waals surface area contributed by atoms with Crippen molar-refractivity contribution in [3.05, 3.63) is 16.3 Å². The predicted molar refractivity (Wildman–Crippen MR) is 115 cm³/mol. The molecule has 0 radical (unpaired) electrons. The van der Waals surface area contributed by atoms with Gasteiger partial charge in [0, 0.05) is 50.4 Å².